The third kappa shape index (κ3) is 7.46. The summed E-state index contributed by atoms with van der Waals surface area (Å²) in [6.07, 6.45) is 2.67. The van der Waals surface area contributed by atoms with E-state index in [4.69, 9.17) is 11.6 Å². The van der Waals surface area contributed by atoms with Crippen molar-refractivity contribution in [1.82, 2.24) is 10.2 Å². The molecule has 0 aliphatic rings. The maximum absolute atomic E-state index is 13.2. The van der Waals surface area contributed by atoms with Gasteiger partial charge in [-0.3, -0.25) is 13.9 Å². The summed E-state index contributed by atoms with van der Waals surface area (Å²) in [5.41, 5.74) is 2.24. The summed E-state index contributed by atoms with van der Waals surface area (Å²) in [6, 6.07) is 14.3. The van der Waals surface area contributed by atoms with Crippen molar-refractivity contribution in [2.75, 3.05) is 30.7 Å². The SMILES string of the molecule is CCC(C(=O)NC)N(CCc1ccccc1)C(=O)CCCN(c1cccc(Cl)c1C)S(C)(=O)=O. The van der Waals surface area contributed by atoms with E-state index in [1.54, 1.807) is 37.1 Å². The van der Waals surface area contributed by atoms with Crippen LogP contribution >= 0.6 is 11.6 Å². The molecule has 0 bridgehead atoms. The first-order chi connectivity index (χ1) is 16.1. The number of halogens is 1. The molecule has 2 amide bonds. The van der Waals surface area contributed by atoms with E-state index in [1.165, 1.54) is 4.31 Å². The van der Waals surface area contributed by atoms with Gasteiger partial charge in [-0.15, -0.1) is 0 Å². The van der Waals surface area contributed by atoms with Gasteiger partial charge < -0.3 is 10.2 Å². The molecule has 0 saturated heterocycles. The zero-order chi connectivity index (χ0) is 25.3. The van der Waals surface area contributed by atoms with Crippen LogP contribution in [0.3, 0.4) is 0 Å². The fourth-order valence-corrected chi connectivity index (χ4v) is 5.10. The number of hydrogen-bond donors (Lipinski definition) is 1. The highest BCUT2D eigenvalue weighted by Crippen LogP contribution is 2.28. The third-order valence-electron chi connectivity index (χ3n) is 5.78. The van der Waals surface area contributed by atoms with E-state index >= 15 is 0 Å². The first kappa shape index (κ1) is 27.7. The minimum absolute atomic E-state index is 0.119. The van der Waals surface area contributed by atoms with Gasteiger partial charge in [0.05, 0.1) is 11.9 Å². The Kier molecular flexibility index (Phi) is 10.4. The Morgan fingerprint density at radius 3 is 2.32 bits per heavy atom. The molecule has 0 aliphatic heterocycles. The summed E-state index contributed by atoms with van der Waals surface area (Å²) in [4.78, 5) is 27.3. The number of likely N-dealkylation sites (N-methyl/N-ethyl adjacent to an activating group) is 1. The fourth-order valence-electron chi connectivity index (χ4n) is 3.91. The van der Waals surface area contributed by atoms with Crippen LogP contribution in [0.5, 0.6) is 0 Å². The summed E-state index contributed by atoms with van der Waals surface area (Å²) < 4.78 is 26.2. The molecule has 0 radical (unpaired) electrons. The van der Waals surface area contributed by atoms with E-state index in [0.717, 1.165) is 11.8 Å². The number of amides is 2. The highest BCUT2D eigenvalue weighted by atomic mass is 35.5. The first-order valence-corrected chi connectivity index (χ1v) is 13.6. The van der Waals surface area contributed by atoms with Crippen molar-refractivity contribution in [3.63, 3.8) is 0 Å². The number of nitrogens with zero attached hydrogens (tertiary/aromatic N) is 2. The Hall–Kier alpha value is -2.58. The lowest BCUT2D eigenvalue weighted by molar-refractivity contribution is -0.140. The molecule has 0 heterocycles. The van der Waals surface area contributed by atoms with Gasteiger partial charge in [0.15, 0.2) is 0 Å². The minimum Gasteiger partial charge on any atom is -0.357 e. The number of carbonyl (C=O) groups is 2. The number of rotatable bonds is 12. The number of sulfonamides is 1. The number of anilines is 1. The smallest absolute Gasteiger partial charge is 0.242 e. The lowest BCUT2D eigenvalue weighted by atomic mass is 10.1. The van der Waals surface area contributed by atoms with E-state index in [1.807, 2.05) is 37.3 Å². The lowest BCUT2D eigenvalue weighted by Crippen LogP contribution is -2.49. The molecule has 1 atom stereocenters. The molecule has 2 aromatic carbocycles. The van der Waals surface area contributed by atoms with Crippen molar-refractivity contribution in [3.05, 3.63) is 64.7 Å². The van der Waals surface area contributed by atoms with E-state index in [-0.39, 0.29) is 24.8 Å². The summed E-state index contributed by atoms with van der Waals surface area (Å²) in [7, 11) is -2.02. The Morgan fingerprint density at radius 2 is 1.74 bits per heavy atom. The molecule has 0 fully saturated rings. The van der Waals surface area contributed by atoms with Gasteiger partial charge in [-0.2, -0.15) is 0 Å². The molecule has 0 saturated carbocycles. The van der Waals surface area contributed by atoms with E-state index in [0.29, 0.717) is 42.1 Å². The van der Waals surface area contributed by atoms with Crippen LogP contribution in [0.25, 0.3) is 0 Å². The summed E-state index contributed by atoms with van der Waals surface area (Å²) >= 11 is 6.19. The molecule has 2 rings (SSSR count). The minimum atomic E-state index is -3.57. The van der Waals surface area contributed by atoms with Crippen molar-refractivity contribution >= 4 is 39.1 Å². The van der Waals surface area contributed by atoms with Crippen LogP contribution in [0.1, 0.15) is 37.3 Å². The Bertz CT molecular complexity index is 1080. The molecule has 0 aromatic heterocycles. The van der Waals surface area contributed by atoms with E-state index in [2.05, 4.69) is 5.32 Å². The van der Waals surface area contributed by atoms with Crippen LogP contribution in [0.2, 0.25) is 5.02 Å². The quantitative estimate of drug-likeness (QED) is 0.473. The maximum Gasteiger partial charge on any atom is 0.242 e. The predicted octanol–water partition coefficient (Wildman–Crippen LogP) is 3.79. The Labute approximate surface area is 208 Å². The third-order valence-corrected chi connectivity index (χ3v) is 7.37. The number of benzene rings is 2. The normalized spacial score (nSPS) is 12.1. The summed E-state index contributed by atoms with van der Waals surface area (Å²) in [5.74, 6) is -0.390. The standard InChI is InChI=1S/C25H34ClN3O4S/c1-5-22(25(31)27-3)28(18-16-20-11-7-6-8-12-20)24(30)15-10-17-29(34(4,32)33)23-14-9-13-21(26)19(23)2/h6-9,11-14,22H,5,10,15-18H2,1-4H3,(H,27,31). The molecule has 2 aromatic rings. The maximum atomic E-state index is 13.2. The monoisotopic (exact) mass is 507 g/mol. The van der Waals surface area contributed by atoms with Crippen LogP contribution in [-0.4, -0.2) is 57.6 Å². The molecule has 7 nitrogen and oxygen atoms in total. The van der Waals surface area contributed by atoms with Crippen LogP contribution in [0, 0.1) is 6.92 Å². The van der Waals surface area contributed by atoms with E-state index < -0.39 is 16.1 Å². The van der Waals surface area contributed by atoms with Crippen molar-refractivity contribution < 1.29 is 18.0 Å². The van der Waals surface area contributed by atoms with Gasteiger partial charge in [-0.1, -0.05) is 54.9 Å². The van der Waals surface area contributed by atoms with Crippen molar-refractivity contribution in [2.24, 2.45) is 0 Å². The molecular formula is C25H34ClN3O4S. The highest BCUT2D eigenvalue weighted by Gasteiger charge is 2.28. The molecule has 1 N–H and O–H groups in total. The summed E-state index contributed by atoms with van der Waals surface area (Å²) in [6.45, 7) is 4.17. The molecule has 186 valence electrons. The zero-order valence-electron chi connectivity index (χ0n) is 20.3. The number of hydrogen-bond acceptors (Lipinski definition) is 4. The average Bonchev–Trinajstić information content (AvgIpc) is 2.81. The second kappa shape index (κ2) is 12.8. The van der Waals surface area contributed by atoms with Gasteiger partial charge in [0.1, 0.15) is 6.04 Å². The first-order valence-electron chi connectivity index (χ1n) is 11.4. The van der Waals surface area contributed by atoms with Crippen molar-refractivity contribution in [3.8, 4) is 0 Å². The van der Waals surface area contributed by atoms with Crippen LogP contribution in [-0.2, 0) is 26.0 Å². The molecule has 9 heteroatoms. The van der Waals surface area contributed by atoms with Crippen LogP contribution in [0.15, 0.2) is 48.5 Å². The largest absolute Gasteiger partial charge is 0.357 e. The van der Waals surface area contributed by atoms with Crippen molar-refractivity contribution in [2.45, 2.75) is 45.6 Å². The van der Waals surface area contributed by atoms with Gasteiger partial charge in [-0.05, 0) is 49.4 Å². The topological polar surface area (TPSA) is 86.8 Å². The lowest BCUT2D eigenvalue weighted by Gasteiger charge is -2.31. The molecule has 1 unspecified atom stereocenters. The number of nitrogens with one attached hydrogen (secondary N) is 1. The van der Waals surface area contributed by atoms with Crippen LogP contribution in [0.4, 0.5) is 5.69 Å². The highest BCUT2D eigenvalue weighted by molar-refractivity contribution is 7.92. The second-order valence-electron chi connectivity index (χ2n) is 8.18. The second-order valence-corrected chi connectivity index (χ2v) is 10.5. The zero-order valence-corrected chi connectivity index (χ0v) is 21.8. The number of carbonyl (C=O) groups excluding carboxylic acids is 2. The van der Waals surface area contributed by atoms with Gasteiger partial charge in [0.25, 0.3) is 0 Å². The molecule has 0 spiro atoms. The van der Waals surface area contributed by atoms with E-state index in [9.17, 15) is 18.0 Å². The Morgan fingerprint density at radius 1 is 1.06 bits per heavy atom. The van der Waals surface area contributed by atoms with Gasteiger partial charge in [-0.25, -0.2) is 8.42 Å². The predicted molar refractivity (Wildman–Crippen MR) is 138 cm³/mol. The molecule has 0 aliphatic carbocycles. The van der Waals surface area contributed by atoms with Crippen molar-refractivity contribution in [1.29, 1.82) is 0 Å². The Balaban J connectivity index is 2.16. The van der Waals surface area contributed by atoms with Gasteiger partial charge >= 0.3 is 0 Å². The fraction of sp³-hybridized carbons (Fsp3) is 0.440. The van der Waals surface area contributed by atoms with Gasteiger partial charge in [0.2, 0.25) is 21.8 Å². The van der Waals surface area contributed by atoms with Gasteiger partial charge in [0, 0.05) is 31.6 Å². The average molecular weight is 508 g/mol. The molecule has 34 heavy (non-hydrogen) atoms. The molecular weight excluding hydrogens is 474 g/mol. The summed E-state index contributed by atoms with van der Waals surface area (Å²) in [5, 5.41) is 3.12. The van der Waals surface area contributed by atoms with Crippen LogP contribution < -0.4 is 9.62 Å².